The molecule has 1 aliphatic heterocycles. The average molecular weight is 338 g/mol. The lowest BCUT2D eigenvalue weighted by molar-refractivity contribution is -0.143. The fourth-order valence-electron chi connectivity index (χ4n) is 3.07. The van der Waals surface area contributed by atoms with E-state index >= 15 is 0 Å². The van der Waals surface area contributed by atoms with E-state index in [0.717, 1.165) is 45.7 Å². The minimum Gasteiger partial charge on any atom is -0.480 e. The summed E-state index contributed by atoms with van der Waals surface area (Å²) in [4.78, 5) is 15.9. The smallest absolute Gasteiger partial charge is 0.325 e. The van der Waals surface area contributed by atoms with Crippen LogP contribution in [0.4, 0.5) is 4.39 Å². The SMILES string of the molecule is Cc1cc([C@@H](C(=O)O)N(C)CCCCN2CCOCC2)ccc1F. The third kappa shape index (κ3) is 5.26. The number of benzene rings is 1. The fraction of sp³-hybridized carbons (Fsp3) is 0.611. The Labute approximate surface area is 143 Å². The van der Waals surface area contributed by atoms with E-state index in [2.05, 4.69) is 4.90 Å². The number of unbranched alkanes of at least 4 members (excludes halogenated alkanes) is 1. The highest BCUT2D eigenvalue weighted by molar-refractivity contribution is 5.75. The Morgan fingerprint density at radius 1 is 1.38 bits per heavy atom. The fourth-order valence-corrected chi connectivity index (χ4v) is 3.07. The van der Waals surface area contributed by atoms with Gasteiger partial charge in [-0.05, 0) is 57.1 Å². The maximum atomic E-state index is 13.4. The van der Waals surface area contributed by atoms with Crippen molar-refractivity contribution >= 4 is 5.97 Å². The summed E-state index contributed by atoms with van der Waals surface area (Å²) in [6.45, 7) is 6.91. The highest BCUT2D eigenvalue weighted by Crippen LogP contribution is 2.22. The van der Waals surface area contributed by atoms with Gasteiger partial charge in [0.1, 0.15) is 11.9 Å². The molecule has 5 nitrogen and oxygen atoms in total. The van der Waals surface area contributed by atoms with E-state index in [-0.39, 0.29) is 5.82 Å². The Bertz CT molecular complexity index is 547. The van der Waals surface area contributed by atoms with E-state index in [9.17, 15) is 14.3 Å². The molecular weight excluding hydrogens is 311 g/mol. The zero-order valence-corrected chi connectivity index (χ0v) is 14.5. The van der Waals surface area contributed by atoms with Crippen molar-refractivity contribution in [3.63, 3.8) is 0 Å². The number of nitrogens with zero attached hydrogens (tertiary/aromatic N) is 2. The number of ether oxygens (including phenoxy) is 1. The van der Waals surface area contributed by atoms with Gasteiger partial charge in [0.25, 0.3) is 0 Å². The molecule has 1 fully saturated rings. The van der Waals surface area contributed by atoms with Crippen LogP contribution >= 0.6 is 0 Å². The highest BCUT2D eigenvalue weighted by atomic mass is 19.1. The summed E-state index contributed by atoms with van der Waals surface area (Å²) in [6.07, 6.45) is 1.96. The van der Waals surface area contributed by atoms with Gasteiger partial charge >= 0.3 is 5.97 Å². The van der Waals surface area contributed by atoms with Crippen molar-refractivity contribution in [1.82, 2.24) is 9.80 Å². The molecule has 1 heterocycles. The van der Waals surface area contributed by atoms with Crippen LogP contribution in [0.5, 0.6) is 0 Å². The van der Waals surface area contributed by atoms with Crippen LogP contribution in [-0.4, -0.2) is 67.3 Å². The number of aliphatic carboxylic acids is 1. The molecule has 1 N–H and O–H groups in total. The monoisotopic (exact) mass is 338 g/mol. The van der Waals surface area contributed by atoms with E-state index in [0.29, 0.717) is 17.7 Å². The molecule has 134 valence electrons. The lowest BCUT2D eigenvalue weighted by Crippen LogP contribution is -2.37. The lowest BCUT2D eigenvalue weighted by Gasteiger charge is -2.28. The average Bonchev–Trinajstić information content (AvgIpc) is 2.56. The van der Waals surface area contributed by atoms with Crippen molar-refractivity contribution in [3.05, 3.63) is 35.1 Å². The van der Waals surface area contributed by atoms with Crippen molar-refractivity contribution in [2.24, 2.45) is 0 Å². The quantitative estimate of drug-likeness (QED) is 0.737. The van der Waals surface area contributed by atoms with Gasteiger partial charge in [0.05, 0.1) is 13.2 Å². The number of rotatable bonds is 8. The van der Waals surface area contributed by atoms with Crippen LogP contribution in [0.25, 0.3) is 0 Å². The van der Waals surface area contributed by atoms with Crippen molar-refractivity contribution < 1.29 is 19.0 Å². The minimum atomic E-state index is -0.906. The van der Waals surface area contributed by atoms with Crippen LogP contribution in [-0.2, 0) is 9.53 Å². The topological polar surface area (TPSA) is 53.0 Å². The number of likely N-dealkylation sites (N-methyl/N-ethyl adjacent to an activating group) is 1. The Morgan fingerprint density at radius 2 is 2.08 bits per heavy atom. The molecular formula is C18H27FN2O3. The van der Waals surface area contributed by atoms with Crippen LogP contribution < -0.4 is 0 Å². The second kappa shape index (κ2) is 9.11. The number of halogens is 1. The molecule has 2 rings (SSSR count). The molecule has 0 aliphatic carbocycles. The first-order chi connectivity index (χ1) is 11.5. The Hall–Kier alpha value is -1.50. The molecule has 0 saturated carbocycles. The molecule has 1 aromatic rings. The first kappa shape index (κ1) is 18.8. The maximum Gasteiger partial charge on any atom is 0.325 e. The standard InChI is InChI=1S/C18H27FN2O3/c1-14-13-15(5-6-16(14)19)17(18(22)23)20(2)7-3-4-8-21-9-11-24-12-10-21/h5-6,13,17H,3-4,7-12H2,1-2H3,(H,22,23)/t17-/m0/s1. The summed E-state index contributed by atoms with van der Waals surface area (Å²) in [6, 6.07) is 3.78. The van der Waals surface area contributed by atoms with Gasteiger partial charge in [-0.1, -0.05) is 12.1 Å². The molecule has 1 saturated heterocycles. The van der Waals surface area contributed by atoms with E-state index in [1.165, 1.54) is 6.07 Å². The van der Waals surface area contributed by atoms with Gasteiger partial charge in [-0.15, -0.1) is 0 Å². The van der Waals surface area contributed by atoms with Crippen LogP contribution in [0.1, 0.15) is 30.0 Å². The van der Waals surface area contributed by atoms with Gasteiger partial charge < -0.3 is 9.84 Å². The van der Waals surface area contributed by atoms with E-state index in [1.807, 2.05) is 11.9 Å². The molecule has 0 spiro atoms. The Morgan fingerprint density at radius 3 is 2.71 bits per heavy atom. The van der Waals surface area contributed by atoms with Crippen LogP contribution in [0.3, 0.4) is 0 Å². The molecule has 0 radical (unpaired) electrons. The lowest BCUT2D eigenvalue weighted by atomic mass is 10.0. The first-order valence-corrected chi connectivity index (χ1v) is 8.48. The summed E-state index contributed by atoms with van der Waals surface area (Å²) in [5.41, 5.74) is 1.09. The number of aryl methyl sites for hydroxylation is 1. The third-order valence-corrected chi connectivity index (χ3v) is 4.51. The number of hydrogen-bond donors (Lipinski definition) is 1. The molecule has 0 unspecified atom stereocenters. The number of hydrogen-bond acceptors (Lipinski definition) is 4. The largest absolute Gasteiger partial charge is 0.480 e. The first-order valence-electron chi connectivity index (χ1n) is 8.48. The van der Waals surface area contributed by atoms with Gasteiger partial charge in [0.15, 0.2) is 0 Å². The van der Waals surface area contributed by atoms with Crippen LogP contribution in [0, 0.1) is 12.7 Å². The van der Waals surface area contributed by atoms with Crippen LogP contribution in [0.2, 0.25) is 0 Å². The summed E-state index contributed by atoms with van der Waals surface area (Å²) >= 11 is 0. The molecule has 0 aromatic heterocycles. The predicted molar refractivity (Wildman–Crippen MR) is 90.6 cm³/mol. The summed E-state index contributed by atoms with van der Waals surface area (Å²) in [5, 5.41) is 9.56. The zero-order chi connectivity index (χ0) is 17.5. The second-order valence-electron chi connectivity index (χ2n) is 6.39. The Kier molecular flexibility index (Phi) is 7.15. The van der Waals surface area contributed by atoms with Gasteiger partial charge in [0, 0.05) is 13.1 Å². The van der Waals surface area contributed by atoms with Crippen molar-refractivity contribution in [2.45, 2.75) is 25.8 Å². The zero-order valence-electron chi connectivity index (χ0n) is 14.5. The molecule has 0 bridgehead atoms. The minimum absolute atomic E-state index is 0.309. The van der Waals surface area contributed by atoms with Crippen molar-refractivity contribution in [2.75, 3.05) is 46.4 Å². The highest BCUT2D eigenvalue weighted by Gasteiger charge is 2.25. The van der Waals surface area contributed by atoms with E-state index in [4.69, 9.17) is 4.74 Å². The Balaban J connectivity index is 1.85. The van der Waals surface area contributed by atoms with Gasteiger partial charge in [0.2, 0.25) is 0 Å². The number of carbonyl (C=O) groups is 1. The summed E-state index contributed by atoms with van der Waals surface area (Å²) in [5.74, 6) is -1.22. The molecule has 1 atom stereocenters. The van der Waals surface area contributed by atoms with Gasteiger partial charge in [-0.2, -0.15) is 0 Å². The molecule has 1 aromatic carbocycles. The molecule has 1 aliphatic rings. The molecule has 0 amide bonds. The molecule has 24 heavy (non-hydrogen) atoms. The van der Waals surface area contributed by atoms with Crippen molar-refractivity contribution in [3.8, 4) is 0 Å². The maximum absolute atomic E-state index is 13.4. The van der Waals surface area contributed by atoms with Gasteiger partial charge in [-0.3, -0.25) is 14.6 Å². The van der Waals surface area contributed by atoms with Gasteiger partial charge in [-0.25, -0.2) is 4.39 Å². The second-order valence-corrected chi connectivity index (χ2v) is 6.39. The van der Waals surface area contributed by atoms with E-state index < -0.39 is 12.0 Å². The van der Waals surface area contributed by atoms with Crippen LogP contribution in [0.15, 0.2) is 18.2 Å². The number of morpholine rings is 1. The van der Waals surface area contributed by atoms with Crippen molar-refractivity contribution in [1.29, 1.82) is 0 Å². The summed E-state index contributed by atoms with van der Waals surface area (Å²) in [7, 11) is 1.81. The third-order valence-electron chi connectivity index (χ3n) is 4.51. The predicted octanol–water partition coefficient (Wildman–Crippen LogP) is 2.30. The number of carboxylic acid groups (broad SMARTS) is 1. The molecule has 6 heteroatoms. The normalized spacial score (nSPS) is 17.2. The summed E-state index contributed by atoms with van der Waals surface area (Å²) < 4.78 is 18.7. The van der Waals surface area contributed by atoms with E-state index in [1.54, 1.807) is 19.1 Å². The number of carboxylic acids is 1.